The van der Waals surface area contributed by atoms with Crippen molar-refractivity contribution >= 4 is 72.3 Å². The molecule has 1 nitrogen and oxygen atoms in total. The number of nitrogens with zero attached hydrogens (tertiary/aromatic N) is 1. The van der Waals surface area contributed by atoms with Crippen molar-refractivity contribution in [3.63, 3.8) is 0 Å². The average Bonchev–Trinajstić information content (AvgIpc) is 3.58. The Morgan fingerprint density at radius 1 is 0.345 bits per heavy atom. The maximum Gasteiger partial charge on any atom is 0.0468 e. The van der Waals surface area contributed by atoms with Gasteiger partial charge in [-0.25, -0.2) is 0 Å². The molecule has 2 aliphatic rings. The number of hydrogen-bond acceptors (Lipinski definition) is 1. The van der Waals surface area contributed by atoms with E-state index in [0.717, 1.165) is 17.1 Å². The van der Waals surface area contributed by atoms with E-state index in [0.29, 0.717) is 0 Å². The third-order valence-corrected chi connectivity index (χ3v) is 12.7. The van der Waals surface area contributed by atoms with Crippen LogP contribution in [0.5, 0.6) is 0 Å². The predicted molar refractivity (Wildman–Crippen MR) is 236 cm³/mol. The van der Waals surface area contributed by atoms with Gasteiger partial charge in [0.1, 0.15) is 0 Å². The van der Waals surface area contributed by atoms with Crippen molar-refractivity contribution in [3.05, 3.63) is 197 Å². The second-order valence-corrected chi connectivity index (χ2v) is 16.7. The first-order valence-electron chi connectivity index (χ1n) is 19.5. The van der Waals surface area contributed by atoms with Crippen LogP contribution in [0.2, 0.25) is 0 Å². The molecule has 0 bridgehead atoms. The van der Waals surface area contributed by atoms with Crippen molar-refractivity contribution in [3.8, 4) is 11.1 Å². The molecule has 9 aromatic carbocycles. The molecule has 0 saturated heterocycles. The molecule has 0 fully saturated rings. The van der Waals surface area contributed by atoms with Gasteiger partial charge in [0.05, 0.1) is 0 Å². The summed E-state index contributed by atoms with van der Waals surface area (Å²) in [4.78, 5) is 2.42. The van der Waals surface area contributed by atoms with E-state index >= 15 is 0 Å². The van der Waals surface area contributed by atoms with E-state index in [1.54, 1.807) is 0 Å². The van der Waals surface area contributed by atoms with Gasteiger partial charge in [-0.1, -0.05) is 161 Å². The summed E-state index contributed by atoms with van der Waals surface area (Å²) in [6.07, 6.45) is 4.60. The minimum absolute atomic E-state index is 0.0221. The van der Waals surface area contributed by atoms with Gasteiger partial charge in [0, 0.05) is 27.9 Å². The van der Waals surface area contributed by atoms with Gasteiger partial charge in [-0.15, -0.1) is 0 Å². The zero-order chi connectivity index (χ0) is 37.1. The van der Waals surface area contributed by atoms with Crippen LogP contribution in [-0.4, -0.2) is 0 Å². The minimum Gasteiger partial charge on any atom is -0.310 e. The van der Waals surface area contributed by atoms with Gasteiger partial charge in [0.25, 0.3) is 0 Å². The van der Waals surface area contributed by atoms with Gasteiger partial charge >= 0.3 is 0 Å². The molecule has 0 aromatic heterocycles. The molecule has 0 saturated carbocycles. The van der Waals surface area contributed by atoms with Gasteiger partial charge in [-0.05, 0) is 130 Å². The third kappa shape index (κ3) is 4.79. The van der Waals surface area contributed by atoms with E-state index in [9.17, 15) is 0 Å². The summed E-state index contributed by atoms with van der Waals surface area (Å²) in [6, 6.07) is 61.1. The smallest absolute Gasteiger partial charge is 0.0468 e. The number of rotatable bonds is 5. The summed E-state index contributed by atoms with van der Waals surface area (Å²) in [5.74, 6) is 0. The maximum atomic E-state index is 2.43. The lowest BCUT2D eigenvalue weighted by Gasteiger charge is -2.28. The Hall–Kier alpha value is -6.44. The van der Waals surface area contributed by atoms with Gasteiger partial charge in [-0.3, -0.25) is 0 Å². The van der Waals surface area contributed by atoms with Crippen LogP contribution in [0.3, 0.4) is 0 Å². The third-order valence-electron chi connectivity index (χ3n) is 12.7. The average molecular weight is 704 g/mol. The van der Waals surface area contributed by atoms with Crippen LogP contribution in [0.4, 0.5) is 17.1 Å². The number of anilines is 3. The molecule has 1 heteroatoms. The SMILES string of the molecule is CC1(C)c2cc(/C=C/c3cc4c5c(ccc6cccc(c65)C4(C)C)c3)ccc2-c2ccc(N(c3ccc4ccccc4c3)c3ccc4ccccc4c3)cc21. The van der Waals surface area contributed by atoms with E-state index in [1.807, 2.05) is 0 Å². The van der Waals surface area contributed by atoms with Gasteiger partial charge < -0.3 is 4.90 Å². The summed E-state index contributed by atoms with van der Waals surface area (Å²) in [7, 11) is 0. The zero-order valence-corrected chi connectivity index (χ0v) is 31.7. The molecule has 0 N–H and O–H groups in total. The number of fused-ring (bicyclic) bond motifs is 5. The zero-order valence-electron chi connectivity index (χ0n) is 31.7. The molecule has 2 aliphatic carbocycles. The molecule has 0 heterocycles. The van der Waals surface area contributed by atoms with E-state index in [2.05, 4.69) is 209 Å². The lowest BCUT2D eigenvalue weighted by Crippen LogP contribution is -2.16. The highest BCUT2D eigenvalue weighted by Crippen LogP contribution is 2.52. The monoisotopic (exact) mass is 703 g/mol. The van der Waals surface area contributed by atoms with Crippen LogP contribution in [-0.2, 0) is 10.8 Å². The van der Waals surface area contributed by atoms with Crippen LogP contribution in [0.15, 0.2) is 164 Å². The lowest BCUT2D eigenvalue weighted by atomic mass is 9.81. The molecule has 262 valence electrons. The number of hydrogen-bond donors (Lipinski definition) is 0. The molecule has 0 radical (unpaired) electrons. The quantitative estimate of drug-likeness (QED) is 0.127. The first-order chi connectivity index (χ1) is 26.7. The Morgan fingerprint density at radius 3 is 1.55 bits per heavy atom. The van der Waals surface area contributed by atoms with Crippen molar-refractivity contribution in [1.29, 1.82) is 0 Å². The highest BCUT2D eigenvalue weighted by atomic mass is 15.1. The van der Waals surface area contributed by atoms with Gasteiger partial charge in [0.15, 0.2) is 0 Å². The van der Waals surface area contributed by atoms with Crippen molar-refractivity contribution in [2.75, 3.05) is 4.90 Å². The highest BCUT2D eigenvalue weighted by Gasteiger charge is 2.37. The van der Waals surface area contributed by atoms with Crippen molar-refractivity contribution in [2.24, 2.45) is 0 Å². The Balaban J connectivity index is 0.973. The topological polar surface area (TPSA) is 3.24 Å². The van der Waals surface area contributed by atoms with Crippen molar-refractivity contribution < 1.29 is 0 Å². The van der Waals surface area contributed by atoms with E-state index < -0.39 is 0 Å². The molecule has 0 unspecified atom stereocenters. The van der Waals surface area contributed by atoms with Crippen LogP contribution in [0.1, 0.15) is 61.1 Å². The summed E-state index contributed by atoms with van der Waals surface area (Å²) in [5, 5.41) is 10.5. The molecule has 9 aromatic rings. The molecule has 0 atom stereocenters. The molecular weight excluding hydrogens is 663 g/mol. The fourth-order valence-corrected chi connectivity index (χ4v) is 9.78. The first kappa shape index (κ1) is 32.0. The molecule has 0 amide bonds. The highest BCUT2D eigenvalue weighted by molar-refractivity contribution is 6.15. The molecule has 55 heavy (non-hydrogen) atoms. The minimum atomic E-state index is -0.168. The summed E-state index contributed by atoms with van der Waals surface area (Å²) >= 11 is 0. The van der Waals surface area contributed by atoms with Crippen molar-refractivity contribution in [2.45, 2.75) is 38.5 Å². The molecular formula is C54H41N. The second-order valence-electron chi connectivity index (χ2n) is 16.7. The Bertz CT molecular complexity index is 3020. The lowest BCUT2D eigenvalue weighted by molar-refractivity contribution is 0.660. The fraction of sp³-hybridized carbons (Fsp3) is 0.111. The summed E-state index contributed by atoms with van der Waals surface area (Å²) < 4.78 is 0. The van der Waals surface area contributed by atoms with Crippen LogP contribution in [0, 0.1) is 0 Å². The maximum absolute atomic E-state index is 2.43. The van der Waals surface area contributed by atoms with Crippen LogP contribution in [0.25, 0.3) is 66.4 Å². The predicted octanol–water partition coefficient (Wildman–Crippen LogP) is 14.9. The standard InChI is InChI=1S/C54H41N/c1-53(2)47-15-9-14-38-19-20-41-28-35(30-50(53)52(41)51(38)47)17-16-34-18-26-45-46-27-25-44(33-49(46)54(3,4)48(45)29-34)55(42-23-21-36-10-5-7-12-39(36)31-42)43-24-22-37-11-6-8-13-40(37)32-43/h5-33H,1-4H3/b17-16+. The fourth-order valence-electron chi connectivity index (χ4n) is 9.78. The van der Waals surface area contributed by atoms with E-state index in [-0.39, 0.29) is 10.8 Å². The largest absolute Gasteiger partial charge is 0.310 e. The van der Waals surface area contributed by atoms with Gasteiger partial charge in [-0.2, -0.15) is 0 Å². The Labute approximate surface area is 322 Å². The molecule has 0 spiro atoms. The van der Waals surface area contributed by atoms with Crippen LogP contribution < -0.4 is 4.90 Å². The van der Waals surface area contributed by atoms with Crippen molar-refractivity contribution in [1.82, 2.24) is 0 Å². The second kappa shape index (κ2) is 11.5. The summed E-state index contributed by atoms with van der Waals surface area (Å²) in [5.41, 5.74) is 14.0. The Morgan fingerprint density at radius 2 is 0.836 bits per heavy atom. The molecule has 0 aliphatic heterocycles. The van der Waals surface area contributed by atoms with Gasteiger partial charge in [0.2, 0.25) is 0 Å². The Kier molecular flexibility index (Phi) is 6.72. The van der Waals surface area contributed by atoms with E-state index in [1.165, 1.54) is 87.6 Å². The normalized spacial score (nSPS) is 14.8. The van der Waals surface area contributed by atoms with Crippen LogP contribution >= 0.6 is 0 Å². The first-order valence-corrected chi connectivity index (χ1v) is 19.5. The molecule has 11 rings (SSSR count). The number of benzene rings is 9. The van der Waals surface area contributed by atoms with E-state index in [4.69, 9.17) is 0 Å². The summed E-state index contributed by atoms with van der Waals surface area (Å²) in [6.45, 7) is 9.52.